The van der Waals surface area contributed by atoms with Gasteiger partial charge in [-0.15, -0.1) is 0 Å². The maximum Gasteiger partial charge on any atom is 0.0471 e. The van der Waals surface area contributed by atoms with E-state index in [-0.39, 0.29) is 0 Å². The molecule has 0 aliphatic carbocycles. The molecule has 3 heteroatoms. The van der Waals surface area contributed by atoms with Crippen LogP contribution in [0.15, 0.2) is 18.2 Å². The second-order valence-electron chi connectivity index (χ2n) is 5.42. The second kappa shape index (κ2) is 7.16. The molecule has 1 heterocycles. The minimum absolute atomic E-state index is 0.842. The fourth-order valence-electron chi connectivity index (χ4n) is 2.77. The van der Waals surface area contributed by atoms with Gasteiger partial charge in [0.1, 0.15) is 0 Å². The molecule has 0 spiro atoms. The van der Waals surface area contributed by atoms with Crippen LogP contribution in [-0.2, 0) is 6.54 Å². The molecule has 0 amide bonds. The first-order valence-corrected chi connectivity index (χ1v) is 7.86. The Bertz CT molecular complexity index is 406. The van der Waals surface area contributed by atoms with Crippen molar-refractivity contribution in [2.45, 2.75) is 39.7 Å². The fraction of sp³-hybridized carbons (Fsp3) is 0.625. The van der Waals surface area contributed by atoms with Crippen molar-refractivity contribution >= 4 is 17.3 Å². The second-order valence-corrected chi connectivity index (χ2v) is 5.83. The van der Waals surface area contributed by atoms with E-state index in [1.165, 1.54) is 43.6 Å². The van der Waals surface area contributed by atoms with E-state index in [1.807, 2.05) is 0 Å². The third kappa shape index (κ3) is 3.87. The minimum atomic E-state index is 0.842. The van der Waals surface area contributed by atoms with Crippen LogP contribution in [0.25, 0.3) is 0 Å². The number of hydrogen-bond acceptors (Lipinski definition) is 2. The molecular formula is C16H25ClN2. The molecule has 0 bridgehead atoms. The first-order valence-electron chi connectivity index (χ1n) is 7.48. The minimum Gasteiger partial charge on any atom is -0.371 e. The van der Waals surface area contributed by atoms with Gasteiger partial charge in [-0.25, -0.2) is 0 Å². The van der Waals surface area contributed by atoms with Crippen LogP contribution < -0.4 is 10.2 Å². The van der Waals surface area contributed by atoms with Crippen LogP contribution in [0.2, 0.25) is 5.02 Å². The number of nitrogens with zero attached hydrogens (tertiary/aromatic N) is 1. The van der Waals surface area contributed by atoms with Gasteiger partial charge in [-0.2, -0.15) is 0 Å². The number of rotatable bonds is 5. The molecule has 1 N–H and O–H groups in total. The lowest BCUT2D eigenvalue weighted by Crippen LogP contribution is -2.35. The predicted molar refractivity (Wildman–Crippen MR) is 84.1 cm³/mol. The third-order valence-corrected chi connectivity index (χ3v) is 4.42. The van der Waals surface area contributed by atoms with Gasteiger partial charge in [0.15, 0.2) is 0 Å². The molecule has 19 heavy (non-hydrogen) atoms. The molecular weight excluding hydrogens is 256 g/mol. The summed E-state index contributed by atoms with van der Waals surface area (Å²) in [6.07, 6.45) is 3.96. The zero-order valence-electron chi connectivity index (χ0n) is 12.1. The Kier molecular flexibility index (Phi) is 5.53. The van der Waals surface area contributed by atoms with Gasteiger partial charge in [-0.1, -0.05) is 37.9 Å². The van der Waals surface area contributed by atoms with E-state index in [0.29, 0.717) is 0 Å². The van der Waals surface area contributed by atoms with Crippen molar-refractivity contribution < 1.29 is 0 Å². The van der Waals surface area contributed by atoms with Crippen LogP contribution in [0.3, 0.4) is 0 Å². The van der Waals surface area contributed by atoms with Crippen molar-refractivity contribution in [3.8, 4) is 0 Å². The number of nitrogens with one attached hydrogen (secondary N) is 1. The van der Waals surface area contributed by atoms with E-state index in [0.717, 1.165) is 24.0 Å². The standard InChI is InChI=1S/C16H25ClN2/c1-3-13-6-5-9-19(12-13)15-8-7-14(11-18-4-2)16(17)10-15/h7-8,10,13,18H,3-6,9,11-12H2,1-2H3. The maximum absolute atomic E-state index is 6.39. The molecule has 1 unspecified atom stereocenters. The lowest BCUT2D eigenvalue weighted by molar-refractivity contribution is 0.405. The van der Waals surface area contributed by atoms with Crippen LogP contribution in [0.4, 0.5) is 5.69 Å². The Morgan fingerprint density at radius 2 is 2.21 bits per heavy atom. The van der Waals surface area contributed by atoms with E-state index in [9.17, 15) is 0 Å². The maximum atomic E-state index is 6.39. The van der Waals surface area contributed by atoms with Crippen molar-refractivity contribution in [3.63, 3.8) is 0 Å². The number of halogens is 1. The van der Waals surface area contributed by atoms with Gasteiger partial charge < -0.3 is 10.2 Å². The summed E-state index contributed by atoms with van der Waals surface area (Å²) in [6.45, 7) is 8.58. The van der Waals surface area contributed by atoms with E-state index < -0.39 is 0 Å². The first kappa shape index (κ1) is 14.7. The molecule has 1 fully saturated rings. The highest BCUT2D eigenvalue weighted by atomic mass is 35.5. The fourth-order valence-corrected chi connectivity index (χ4v) is 3.01. The normalized spacial score (nSPS) is 19.7. The topological polar surface area (TPSA) is 15.3 Å². The zero-order chi connectivity index (χ0) is 13.7. The Morgan fingerprint density at radius 3 is 2.89 bits per heavy atom. The van der Waals surface area contributed by atoms with Gasteiger partial charge >= 0.3 is 0 Å². The molecule has 1 aromatic carbocycles. The first-order chi connectivity index (χ1) is 9.24. The number of piperidine rings is 1. The number of hydrogen-bond donors (Lipinski definition) is 1. The van der Waals surface area contributed by atoms with E-state index in [1.54, 1.807) is 0 Å². The van der Waals surface area contributed by atoms with Crippen LogP contribution in [0.5, 0.6) is 0 Å². The molecule has 1 aromatic rings. The monoisotopic (exact) mass is 280 g/mol. The average molecular weight is 281 g/mol. The van der Waals surface area contributed by atoms with Gasteiger partial charge in [-0.05, 0) is 43.0 Å². The summed E-state index contributed by atoms with van der Waals surface area (Å²) < 4.78 is 0. The summed E-state index contributed by atoms with van der Waals surface area (Å²) >= 11 is 6.39. The third-order valence-electron chi connectivity index (χ3n) is 4.06. The highest BCUT2D eigenvalue weighted by Crippen LogP contribution is 2.28. The van der Waals surface area contributed by atoms with Crippen molar-refractivity contribution in [1.82, 2.24) is 5.32 Å². The van der Waals surface area contributed by atoms with Gasteiger partial charge in [0.25, 0.3) is 0 Å². The summed E-state index contributed by atoms with van der Waals surface area (Å²) in [4.78, 5) is 2.49. The molecule has 0 radical (unpaired) electrons. The molecule has 106 valence electrons. The van der Waals surface area contributed by atoms with Gasteiger partial charge in [0.05, 0.1) is 0 Å². The average Bonchev–Trinajstić information content (AvgIpc) is 2.46. The van der Waals surface area contributed by atoms with Crippen molar-refractivity contribution in [3.05, 3.63) is 28.8 Å². The molecule has 1 saturated heterocycles. The van der Waals surface area contributed by atoms with Crippen LogP contribution >= 0.6 is 11.6 Å². The summed E-state index contributed by atoms with van der Waals surface area (Å²) in [5.74, 6) is 0.842. The summed E-state index contributed by atoms with van der Waals surface area (Å²) in [7, 11) is 0. The SMILES string of the molecule is CCNCc1ccc(N2CCCC(CC)C2)cc1Cl. The van der Waals surface area contributed by atoms with Gasteiger partial charge in [0, 0.05) is 30.3 Å². The van der Waals surface area contributed by atoms with E-state index in [2.05, 4.69) is 42.3 Å². The van der Waals surface area contributed by atoms with E-state index in [4.69, 9.17) is 11.6 Å². The number of benzene rings is 1. The largest absolute Gasteiger partial charge is 0.371 e. The highest BCUT2D eigenvalue weighted by molar-refractivity contribution is 6.31. The Balaban J connectivity index is 2.06. The highest BCUT2D eigenvalue weighted by Gasteiger charge is 2.19. The summed E-state index contributed by atoms with van der Waals surface area (Å²) in [5, 5.41) is 4.21. The molecule has 1 aliphatic rings. The van der Waals surface area contributed by atoms with Crippen molar-refractivity contribution in [1.29, 1.82) is 0 Å². The van der Waals surface area contributed by atoms with E-state index >= 15 is 0 Å². The van der Waals surface area contributed by atoms with Crippen LogP contribution in [0.1, 0.15) is 38.7 Å². The van der Waals surface area contributed by atoms with Crippen molar-refractivity contribution in [2.75, 3.05) is 24.5 Å². The predicted octanol–water partition coefficient (Wildman–Crippen LogP) is 4.08. The van der Waals surface area contributed by atoms with Gasteiger partial charge in [-0.3, -0.25) is 0 Å². The zero-order valence-corrected chi connectivity index (χ0v) is 12.8. The lowest BCUT2D eigenvalue weighted by Gasteiger charge is -2.34. The van der Waals surface area contributed by atoms with Crippen LogP contribution in [-0.4, -0.2) is 19.6 Å². The quantitative estimate of drug-likeness (QED) is 0.874. The smallest absolute Gasteiger partial charge is 0.0471 e. The molecule has 0 saturated carbocycles. The number of anilines is 1. The summed E-state index contributed by atoms with van der Waals surface area (Å²) in [6, 6.07) is 6.51. The van der Waals surface area contributed by atoms with Crippen LogP contribution in [0, 0.1) is 5.92 Å². The van der Waals surface area contributed by atoms with Crippen molar-refractivity contribution in [2.24, 2.45) is 5.92 Å². The van der Waals surface area contributed by atoms with Gasteiger partial charge in [0.2, 0.25) is 0 Å². The molecule has 1 aliphatic heterocycles. The summed E-state index contributed by atoms with van der Waals surface area (Å²) in [5.41, 5.74) is 2.47. The molecule has 1 atom stereocenters. The molecule has 2 rings (SSSR count). The molecule has 2 nitrogen and oxygen atoms in total. The Hall–Kier alpha value is -0.730. The Morgan fingerprint density at radius 1 is 1.37 bits per heavy atom. The lowest BCUT2D eigenvalue weighted by atomic mass is 9.95. The molecule has 0 aromatic heterocycles. The Labute approximate surface area is 122 Å².